The highest BCUT2D eigenvalue weighted by Crippen LogP contribution is 2.31. The summed E-state index contributed by atoms with van der Waals surface area (Å²) in [5.74, 6) is -0.155. The minimum Gasteiger partial charge on any atom is -0.435 e. The molecule has 0 aromatic carbocycles. The molecule has 3 heteroatoms. The van der Waals surface area contributed by atoms with Crippen LogP contribution in [0.4, 0.5) is 0 Å². The third-order valence-electron chi connectivity index (χ3n) is 2.19. The summed E-state index contributed by atoms with van der Waals surface area (Å²) in [6.07, 6.45) is 1.75. The minimum absolute atomic E-state index is 0.0567. The zero-order valence-corrected chi connectivity index (χ0v) is 5.87. The molecule has 2 saturated heterocycles. The molecule has 2 fully saturated rings. The van der Waals surface area contributed by atoms with Crippen molar-refractivity contribution >= 4 is 5.97 Å². The van der Waals surface area contributed by atoms with Crippen LogP contribution in [-0.4, -0.2) is 18.4 Å². The number of rotatable bonds is 0. The summed E-state index contributed by atoms with van der Waals surface area (Å²) in [5, 5.41) is 0. The van der Waals surface area contributed by atoms with E-state index in [1.54, 1.807) is 0 Å². The topological polar surface area (TPSA) is 35.5 Å². The van der Waals surface area contributed by atoms with Gasteiger partial charge in [-0.3, -0.25) is 4.79 Å². The average molecular weight is 142 g/mol. The smallest absolute Gasteiger partial charge is 0.313 e. The summed E-state index contributed by atoms with van der Waals surface area (Å²) in [6, 6.07) is 0. The molecule has 10 heavy (non-hydrogen) atoms. The molecule has 2 rings (SSSR count). The van der Waals surface area contributed by atoms with Gasteiger partial charge >= 0.3 is 5.97 Å². The van der Waals surface area contributed by atoms with E-state index in [0.717, 1.165) is 12.8 Å². The van der Waals surface area contributed by atoms with Gasteiger partial charge in [0.1, 0.15) is 0 Å². The molecule has 0 saturated carbocycles. The van der Waals surface area contributed by atoms with Gasteiger partial charge in [0.05, 0.1) is 12.0 Å². The largest absolute Gasteiger partial charge is 0.435 e. The van der Waals surface area contributed by atoms with Gasteiger partial charge in [-0.25, -0.2) is 0 Å². The first-order valence-corrected chi connectivity index (χ1v) is 3.63. The summed E-state index contributed by atoms with van der Waals surface area (Å²) >= 11 is 0. The Morgan fingerprint density at radius 1 is 1.50 bits per heavy atom. The van der Waals surface area contributed by atoms with E-state index in [0.29, 0.717) is 0 Å². The zero-order chi connectivity index (χ0) is 7.14. The number of carbonyl (C=O) groups is 1. The maximum Gasteiger partial charge on any atom is 0.313 e. The SMILES string of the molecule is C[C@@H]1C(=O)O[C@H]2CC[C@@H]1O2. The van der Waals surface area contributed by atoms with Crippen LogP contribution < -0.4 is 0 Å². The Morgan fingerprint density at radius 3 is 3.10 bits per heavy atom. The monoisotopic (exact) mass is 142 g/mol. The first-order chi connectivity index (χ1) is 4.77. The second kappa shape index (κ2) is 1.95. The summed E-state index contributed by atoms with van der Waals surface area (Å²) in [4.78, 5) is 11.0. The van der Waals surface area contributed by atoms with Crippen molar-refractivity contribution in [2.24, 2.45) is 5.92 Å². The number of carbonyl (C=O) groups excluding carboxylic acids is 1. The Labute approximate surface area is 59.3 Å². The lowest BCUT2D eigenvalue weighted by atomic mass is 10.0. The Bertz CT molecular complexity index is 166. The molecule has 3 atom stereocenters. The average Bonchev–Trinajstić information content (AvgIpc) is 2.29. The van der Waals surface area contributed by atoms with Crippen molar-refractivity contribution in [1.82, 2.24) is 0 Å². The lowest BCUT2D eigenvalue weighted by molar-refractivity contribution is -0.206. The van der Waals surface area contributed by atoms with Gasteiger partial charge in [-0.1, -0.05) is 0 Å². The first-order valence-electron chi connectivity index (χ1n) is 3.63. The van der Waals surface area contributed by atoms with Crippen molar-refractivity contribution in [3.05, 3.63) is 0 Å². The van der Waals surface area contributed by atoms with E-state index in [1.165, 1.54) is 0 Å². The van der Waals surface area contributed by atoms with Crippen molar-refractivity contribution < 1.29 is 14.3 Å². The number of esters is 1. The van der Waals surface area contributed by atoms with Gasteiger partial charge in [0.15, 0.2) is 0 Å². The number of hydrogen-bond acceptors (Lipinski definition) is 3. The van der Waals surface area contributed by atoms with Crippen LogP contribution in [0.5, 0.6) is 0 Å². The molecule has 2 heterocycles. The molecule has 2 aliphatic heterocycles. The van der Waals surface area contributed by atoms with Gasteiger partial charge in [0.25, 0.3) is 0 Å². The van der Waals surface area contributed by atoms with E-state index in [9.17, 15) is 4.79 Å². The molecule has 0 radical (unpaired) electrons. The van der Waals surface area contributed by atoms with Crippen molar-refractivity contribution in [2.75, 3.05) is 0 Å². The molecular weight excluding hydrogens is 132 g/mol. The van der Waals surface area contributed by atoms with E-state index in [2.05, 4.69) is 0 Å². The molecule has 0 spiro atoms. The summed E-state index contributed by atoms with van der Waals surface area (Å²) in [7, 11) is 0. The van der Waals surface area contributed by atoms with E-state index < -0.39 is 0 Å². The van der Waals surface area contributed by atoms with E-state index in [-0.39, 0.29) is 24.3 Å². The van der Waals surface area contributed by atoms with Crippen LogP contribution in [0.25, 0.3) is 0 Å². The molecule has 0 aliphatic carbocycles. The molecule has 0 N–H and O–H groups in total. The van der Waals surface area contributed by atoms with Gasteiger partial charge in [-0.05, 0) is 13.3 Å². The standard InChI is InChI=1S/C7H10O3/c1-4-5-2-3-6(9-5)10-7(4)8/h4-6H,2-3H2,1H3/t4-,5-,6-/m0/s1. The number of hydrogen-bond donors (Lipinski definition) is 0. The fourth-order valence-electron chi connectivity index (χ4n) is 1.47. The molecule has 0 aromatic rings. The van der Waals surface area contributed by atoms with Gasteiger partial charge in [0, 0.05) is 6.42 Å². The highest BCUT2D eigenvalue weighted by molar-refractivity contribution is 5.73. The normalized spacial score (nSPS) is 45.3. The molecule has 0 aromatic heterocycles. The molecule has 2 bridgehead atoms. The maximum atomic E-state index is 11.0. The van der Waals surface area contributed by atoms with Crippen LogP contribution in [0.15, 0.2) is 0 Å². The lowest BCUT2D eigenvalue weighted by Crippen LogP contribution is -2.35. The zero-order valence-electron chi connectivity index (χ0n) is 5.87. The molecular formula is C7H10O3. The van der Waals surface area contributed by atoms with Crippen LogP contribution in [0.2, 0.25) is 0 Å². The van der Waals surface area contributed by atoms with Crippen LogP contribution in [0.1, 0.15) is 19.8 Å². The predicted molar refractivity (Wildman–Crippen MR) is 33.2 cm³/mol. The minimum atomic E-state index is -0.228. The summed E-state index contributed by atoms with van der Waals surface area (Å²) in [5.41, 5.74) is 0. The summed E-state index contributed by atoms with van der Waals surface area (Å²) in [6.45, 7) is 1.86. The Morgan fingerprint density at radius 2 is 2.30 bits per heavy atom. The number of ether oxygens (including phenoxy) is 2. The second-order valence-electron chi connectivity index (χ2n) is 2.91. The van der Waals surface area contributed by atoms with Gasteiger partial charge in [-0.15, -0.1) is 0 Å². The van der Waals surface area contributed by atoms with E-state index >= 15 is 0 Å². The lowest BCUT2D eigenvalue weighted by Gasteiger charge is -2.25. The fraction of sp³-hybridized carbons (Fsp3) is 0.857. The third-order valence-corrected chi connectivity index (χ3v) is 2.19. The fourth-order valence-corrected chi connectivity index (χ4v) is 1.47. The molecule has 0 amide bonds. The molecule has 3 nitrogen and oxygen atoms in total. The third kappa shape index (κ3) is 0.736. The van der Waals surface area contributed by atoms with Crippen LogP contribution in [-0.2, 0) is 14.3 Å². The van der Waals surface area contributed by atoms with E-state index in [4.69, 9.17) is 9.47 Å². The highest BCUT2D eigenvalue weighted by Gasteiger charge is 2.41. The maximum absolute atomic E-state index is 11.0. The molecule has 2 aliphatic rings. The Hall–Kier alpha value is -0.570. The quantitative estimate of drug-likeness (QED) is 0.467. The van der Waals surface area contributed by atoms with Crippen LogP contribution in [0, 0.1) is 5.92 Å². The van der Waals surface area contributed by atoms with Gasteiger partial charge in [-0.2, -0.15) is 0 Å². The van der Waals surface area contributed by atoms with Crippen LogP contribution in [0.3, 0.4) is 0 Å². The van der Waals surface area contributed by atoms with Crippen molar-refractivity contribution in [3.8, 4) is 0 Å². The Balaban J connectivity index is 2.17. The predicted octanol–water partition coefficient (Wildman–Crippen LogP) is 0.684. The summed E-state index contributed by atoms with van der Waals surface area (Å²) < 4.78 is 10.3. The van der Waals surface area contributed by atoms with Gasteiger partial charge < -0.3 is 9.47 Å². The molecule has 0 unspecified atom stereocenters. The van der Waals surface area contributed by atoms with Crippen molar-refractivity contribution in [3.63, 3.8) is 0 Å². The van der Waals surface area contributed by atoms with E-state index in [1.807, 2.05) is 6.92 Å². The molecule has 56 valence electrons. The second-order valence-corrected chi connectivity index (χ2v) is 2.91. The highest BCUT2D eigenvalue weighted by atomic mass is 16.7. The first kappa shape index (κ1) is 6.16. The van der Waals surface area contributed by atoms with Crippen molar-refractivity contribution in [2.45, 2.75) is 32.2 Å². The van der Waals surface area contributed by atoms with Gasteiger partial charge in [0.2, 0.25) is 6.29 Å². The Kier molecular flexibility index (Phi) is 1.20. The van der Waals surface area contributed by atoms with Crippen LogP contribution >= 0.6 is 0 Å². The number of fused-ring (bicyclic) bond motifs is 2. The van der Waals surface area contributed by atoms with Crippen molar-refractivity contribution in [1.29, 1.82) is 0 Å².